The molecule has 2 rings (SSSR count). The summed E-state index contributed by atoms with van der Waals surface area (Å²) >= 11 is 3.28. The summed E-state index contributed by atoms with van der Waals surface area (Å²) in [6.07, 6.45) is 0. The second kappa shape index (κ2) is 6.36. The molecule has 0 atom stereocenters. The molecule has 6 nitrogen and oxygen atoms in total. The van der Waals surface area contributed by atoms with Crippen LogP contribution in [0, 0.1) is 10.1 Å². The van der Waals surface area contributed by atoms with Crippen molar-refractivity contribution in [3.8, 4) is 5.75 Å². The molecule has 0 aliphatic heterocycles. The van der Waals surface area contributed by atoms with Gasteiger partial charge in [0.25, 0.3) is 5.91 Å². The molecule has 0 fully saturated rings. The van der Waals surface area contributed by atoms with Crippen LogP contribution in [0.2, 0.25) is 0 Å². The van der Waals surface area contributed by atoms with Crippen molar-refractivity contribution in [2.45, 2.75) is 0 Å². The fourth-order valence-corrected chi connectivity index (χ4v) is 2.14. The van der Waals surface area contributed by atoms with E-state index in [9.17, 15) is 14.9 Å². The number of benzene rings is 2. The first kappa shape index (κ1) is 15.0. The number of anilines is 1. The van der Waals surface area contributed by atoms with Gasteiger partial charge in [-0.25, -0.2) is 0 Å². The molecule has 0 aliphatic carbocycles. The van der Waals surface area contributed by atoms with Crippen LogP contribution in [0.5, 0.6) is 5.75 Å². The van der Waals surface area contributed by atoms with Crippen molar-refractivity contribution in [1.29, 1.82) is 0 Å². The first-order valence-corrected chi connectivity index (χ1v) is 6.70. The average Bonchev–Trinajstić information content (AvgIpc) is 2.47. The molecule has 0 saturated carbocycles. The second-order valence-electron chi connectivity index (χ2n) is 4.11. The number of amides is 1. The summed E-state index contributed by atoms with van der Waals surface area (Å²) in [6.45, 7) is 0. The summed E-state index contributed by atoms with van der Waals surface area (Å²) in [7, 11) is 1.35. The average molecular weight is 351 g/mol. The van der Waals surface area contributed by atoms with E-state index in [0.29, 0.717) is 11.3 Å². The number of hydrogen-bond acceptors (Lipinski definition) is 4. The maximum atomic E-state index is 12.1. The van der Waals surface area contributed by atoms with Crippen molar-refractivity contribution in [3.05, 3.63) is 62.6 Å². The van der Waals surface area contributed by atoms with Crippen molar-refractivity contribution in [3.63, 3.8) is 0 Å². The van der Waals surface area contributed by atoms with Gasteiger partial charge >= 0.3 is 5.69 Å². The van der Waals surface area contributed by atoms with E-state index in [1.54, 1.807) is 30.3 Å². The Kier molecular flexibility index (Phi) is 4.54. The summed E-state index contributed by atoms with van der Waals surface area (Å²) in [6, 6.07) is 11.1. The van der Waals surface area contributed by atoms with Crippen LogP contribution in [0.4, 0.5) is 11.4 Å². The summed E-state index contributed by atoms with van der Waals surface area (Å²) in [5, 5.41) is 13.6. The molecule has 0 saturated heterocycles. The number of nitrogens with zero attached hydrogens (tertiary/aromatic N) is 1. The monoisotopic (exact) mass is 350 g/mol. The number of nitro benzene ring substituents is 1. The van der Waals surface area contributed by atoms with Gasteiger partial charge in [-0.2, -0.15) is 0 Å². The van der Waals surface area contributed by atoms with Crippen molar-refractivity contribution < 1.29 is 14.5 Å². The third-order valence-corrected chi connectivity index (χ3v) is 3.21. The smallest absolute Gasteiger partial charge is 0.312 e. The van der Waals surface area contributed by atoms with Gasteiger partial charge in [0, 0.05) is 21.8 Å². The summed E-state index contributed by atoms with van der Waals surface area (Å²) in [5.41, 5.74) is 0.569. The van der Waals surface area contributed by atoms with Crippen LogP contribution in [0.15, 0.2) is 46.9 Å². The lowest BCUT2D eigenvalue weighted by Crippen LogP contribution is -2.12. The minimum Gasteiger partial charge on any atom is -0.490 e. The minimum absolute atomic E-state index is 0.139. The number of carbonyl (C=O) groups is 1. The number of halogens is 1. The lowest BCUT2D eigenvalue weighted by Gasteiger charge is -2.07. The largest absolute Gasteiger partial charge is 0.490 e. The maximum absolute atomic E-state index is 12.1. The molecule has 0 bridgehead atoms. The van der Waals surface area contributed by atoms with E-state index in [1.807, 2.05) is 0 Å². The first-order valence-electron chi connectivity index (χ1n) is 5.90. The van der Waals surface area contributed by atoms with Crippen molar-refractivity contribution in [2.75, 3.05) is 12.4 Å². The predicted molar refractivity (Wildman–Crippen MR) is 81.7 cm³/mol. The molecule has 7 heteroatoms. The second-order valence-corrected chi connectivity index (χ2v) is 5.02. The van der Waals surface area contributed by atoms with Gasteiger partial charge < -0.3 is 10.1 Å². The number of ether oxygens (including phenoxy) is 1. The van der Waals surface area contributed by atoms with E-state index in [0.717, 1.165) is 4.47 Å². The summed E-state index contributed by atoms with van der Waals surface area (Å²) < 4.78 is 5.68. The molecule has 1 N–H and O–H groups in total. The third kappa shape index (κ3) is 3.57. The van der Waals surface area contributed by atoms with Crippen LogP contribution < -0.4 is 10.1 Å². The van der Waals surface area contributed by atoms with Gasteiger partial charge in [0.05, 0.1) is 12.0 Å². The van der Waals surface area contributed by atoms with E-state index >= 15 is 0 Å². The zero-order valence-corrected chi connectivity index (χ0v) is 12.6. The molecule has 0 heterocycles. The third-order valence-electron chi connectivity index (χ3n) is 2.72. The normalized spacial score (nSPS) is 10.0. The van der Waals surface area contributed by atoms with E-state index < -0.39 is 4.92 Å². The van der Waals surface area contributed by atoms with Gasteiger partial charge in [0.15, 0.2) is 5.75 Å². The topological polar surface area (TPSA) is 81.5 Å². The Morgan fingerprint density at radius 2 is 2.05 bits per heavy atom. The number of hydrogen-bond donors (Lipinski definition) is 1. The maximum Gasteiger partial charge on any atom is 0.312 e. The molecule has 2 aromatic rings. The van der Waals surface area contributed by atoms with Gasteiger partial charge in [-0.05, 0) is 30.3 Å². The quantitative estimate of drug-likeness (QED) is 0.674. The Labute approximate surface area is 129 Å². The number of nitro groups is 1. The highest BCUT2D eigenvalue weighted by Crippen LogP contribution is 2.29. The number of nitrogens with one attached hydrogen (secondary N) is 1. The van der Waals surface area contributed by atoms with Crippen LogP contribution >= 0.6 is 15.9 Å². The lowest BCUT2D eigenvalue weighted by molar-refractivity contribution is -0.385. The molecule has 2 aromatic carbocycles. The van der Waals surface area contributed by atoms with Gasteiger partial charge in [-0.3, -0.25) is 14.9 Å². The van der Waals surface area contributed by atoms with Gasteiger partial charge in [0.1, 0.15) is 0 Å². The number of methoxy groups -OCH3 is 1. The number of rotatable bonds is 4. The van der Waals surface area contributed by atoms with E-state index in [-0.39, 0.29) is 17.3 Å². The van der Waals surface area contributed by atoms with Crippen LogP contribution in [0.3, 0.4) is 0 Å². The molecule has 0 aromatic heterocycles. The SMILES string of the molecule is COc1ccc(NC(=O)c2cccc(Br)c2)cc1[N+](=O)[O-]. The molecular weight excluding hydrogens is 340 g/mol. The Morgan fingerprint density at radius 3 is 2.67 bits per heavy atom. The van der Waals surface area contributed by atoms with Gasteiger partial charge in [0.2, 0.25) is 0 Å². The lowest BCUT2D eigenvalue weighted by atomic mass is 10.2. The number of carbonyl (C=O) groups excluding carboxylic acids is 1. The Hall–Kier alpha value is -2.41. The zero-order chi connectivity index (χ0) is 15.4. The Morgan fingerprint density at radius 1 is 1.29 bits per heavy atom. The molecular formula is C14H11BrN2O4. The molecule has 0 radical (unpaired) electrons. The van der Waals surface area contributed by atoms with Crippen LogP contribution in [-0.2, 0) is 0 Å². The fraction of sp³-hybridized carbons (Fsp3) is 0.0714. The molecule has 1 amide bonds. The summed E-state index contributed by atoms with van der Waals surface area (Å²) in [4.78, 5) is 22.4. The van der Waals surface area contributed by atoms with Crippen molar-refractivity contribution in [1.82, 2.24) is 0 Å². The molecule has 0 aliphatic rings. The highest BCUT2D eigenvalue weighted by Gasteiger charge is 2.16. The Balaban J connectivity index is 2.25. The van der Waals surface area contributed by atoms with Crippen LogP contribution in [0.25, 0.3) is 0 Å². The first-order chi connectivity index (χ1) is 10.0. The highest BCUT2D eigenvalue weighted by atomic mass is 79.9. The summed E-state index contributed by atoms with van der Waals surface area (Å²) in [5.74, 6) is -0.212. The van der Waals surface area contributed by atoms with Crippen LogP contribution in [-0.4, -0.2) is 17.9 Å². The zero-order valence-electron chi connectivity index (χ0n) is 11.0. The Bertz CT molecular complexity index is 703. The van der Waals surface area contributed by atoms with Gasteiger partial charge in [-0.15, -0.1) is 0 Å². The van der Waals surface area contributed by atoms with E-state index in [2.05, 4.69) is 21.2 Å². The predicted octanol–water partition coefficient (Wildman–Crippen LogP) is 3.62. The van der Waals surface area contributed by atoms with Crippen LogP contribution in [0.1, 0.15) is 10.4 Å². The van der Waals surface area contributed by atoms with Crippen molar-refractivity contribution >= 4 is 33.2 Å². The van der Waals surface area contributed by atoms with E-state index in [4.69, 9.17) is 4.74 Å². The molecule has 21 heavy (non-hydrogen) atoms. The molecule has 0 spiro atoms. The highest BCUT2D eigenvalue weighted by molar-refractivity contribution is 9.10. The van der Waals surface area contributed by atoms with E-state index in [1.165, 1.54) is 19.2 Å². The van der Waals surface area contributed by atoms with Gasteiger partial charge in [-0.1, -0.05) is 22.0 Å². The minimum atomic E-state index is -0.562. The standard InChI is InChI=1S/C14H11BrN2O4/c1-21-13-6-5-11(8-12(13)17(19)20)16-14(18)9-3-2-4-10(15)7-9/h2-8H,1H3,(H,16,18). The fourth-order valence-electron chi connectivity index (χ4n) is 1.74. The molecule has 0 unspecified atom stereocenters. The van der Waals surface area contributed by atoms with Crippen molar-refractivity contribution in [2.24, 2.45) is 0 Å². The molecule has 108 valence electrons.